The van der Waals surface area contributed by atoms with Gasteiger partial charge in [-0.2, -0.15) is 0 Å². The minimum absolute atomic E-state index is 0.587. The van der Waals surface area contributed by atoms with Crippen LogP contribution in [0.5, 0.6) is 0 Å². The molecular weight excluding hydrogens is 226 g/mol. The van der Waals surface area contributed by atoms with Gasteiger partial charge in [-0.05, 0) is 58.8 Å². The van der Waals surface area contributed by atoms with Crippen LogP contribution < -0.4 is 5.32 Å². The van der Waals surface area contributed by atoms with Crippen molar-refractivity contribution >= 4 is 0 Å². The van der Waals surface area contributed by atoms with E-state index in [2.05, 4.69) is 25.4 Å². The molecule has 0 amide bonds. The molecule has 0 aromatic carbocycles. The number of nitrogens with one attached hydrogen (secondary N) is 2. The number of piperidine rings is 2. The number of rotatable bonds is 2. The van der Waals surface area contributed by atoms with Crippen LogP contribution in [0.4, 0.5) is 0 Å². The van der Waals surface area contributed by atoms with Crippen molar-refractivity contribution in [2.24, 2.45) is 0 Å². The van der Waals surface area contributed by atoms with Gasteiger partial charge in [0.25, 0.3) is 0 Å². The monoisotopic (exact) mass is 249 g/mol. The maximum Gasteiger partial charge on any atom is 0.133 e. The van der Waals surface area contributed by atoms with Gasteiger partial charge in [-0.1, -0.05) is 0 Å². The summed E-state index contributed by atoms with van der Waals surface area (Å²) in [5, 5.41) is 11.8. The number of aromatic amines is 1. The van der Waals surface area contributed by atoms with Crippen LogP contribution in [0.2, 0.25) is 0 Å². The molecule has 3 heterocycles. The van der Waals surface area contributed by atoms with Crippen LogP contribution >= 0.6 is 0 Å². The van der Waals surface area contributed by atoms with Crippen LogP contribution in [0.25, 0.3) is 0 Å². The number of hydrogen-bond acceptors (Lipinski definition) is 4. The van der Waals surface area contributed by atoms with Gasteiger partial charge in [0.05, 0.1) is 0 Å². The van der Waals surface area contributed by atoms with Crippen molar-refractivity contribution in [2.75, 3.05) is 26.2 Å². The second kappa shape index (κ2) is 5.36. The first-order chi connectivity index (χ1) is 8.83. The van der Waals surface area contributed by atoms with Crippen molar-refractivity contribution < 1.29 is 0 Å². The molecule has 2 N–H and O–H groups in total. The SMILES string of the molecule is Cc1nnc(C2CCN(C3CCNCC3)CC2)[nH]1. The van der Waals surface area contributed by atoms with Crippen molar-refractivity contribution in [3.8, 4) is 0 Å². The highest BCUT2D eigenvalue weighted by Crippen LogP contribution is 2.27. The number of H-pyrrole nitrogens is 1. The van der Waals surface area contributed by atoms with E-state index in [1.54, 1.807) is 0 Å². The molecule has 2 saturated heterocycles. The summed E-state index contributed by atoms with van der Waals surface area (Å²) in [6.07, 6.45) is 5.06. The Morgan fingerprint density at radius 2 is 1.78 bits per heavy atom. The van der Waals surface area contributed by atoms with Crippen molar-refractivity contribution in [3.63, 3.8) is 0 Å². The second-order valence-corrected chi connectivity index (χ2v) is 5.59. The first-order valence-electron chi connectivity index (χ1n) is 7.17. The van der Waals surface area contributed by atoms with Gasteiger partial charge >= 0.3 is 0 Å². The molecule has 0 radical (unpaired) electrons. The number of likely N-dealkylation sites (tertiary alicyclic amines) is 1. The third-order valence-corrected chi connectivity index (χ3v) is 4.36. The Morgan fingerprint density at radius 1 is 1.06 bits per heavy atom. The molecule has 3 rings (SSSR count). The maximum atomic E-state index is 4.24. The van der Waals surface area contributed by atoms with Gasteiger partial charge in [-0.25, -0.2) is 0 Å². The summed E-state index contributed by atoms with van der Waals surface area (Å²) in [6, 6.07) is 0.809. The van der Waals surface area contributed by atoms with E-state index in [4.69, 9.17) is 0 Å². The quantitative estimate of drug-likeness (QED) is 0.822. The highest BCUT2D eigenvalue weighted by molar-refractivity contribution is 4.99. The number of nitrogens with zero attached hydrogens (tertiary/aromatic N) is 3. The maximum absolute atomic E-state index is 4.24. The third kappa shape index (κ3) is 2.57. The van der Waals surface area contributed by atoms with Gasteiger partial charge in [-0.3, -0.25) is 0 Å². The lowest BCUT2D eigenvalue weighted by Gasteiger charge is -2.39. The van der Waals surface area contributed by atoms with E-state index in [0.717, 1.165) is 17.7 Å². The Hall–Kier alpha value is -0.940. The lowest BCUT2D eigenvalue weighted by atomic mass is 9.93. The van der Waals surface area contributed by atoms with E-state index in [-0.39, 0.29) is 0 Å². The average molecular weight is 249 g/mol. The highest BCUT2D eigenvalue weighted by atomic mass is 15.2. The van der Waals surface area contributed by atoms with Gasteiger partial charge in [0.15, 0.2) is 0 Å². The normalized spacial score (nSPS) is 24.5. The van der Waals surface area contributed by atoms with E-state index in [0.29, 0.717) is 5.92 Å². The summed E-state index contributed by atoms with van der Waals surface area (Å²) in [5.41, 5.74) is 0. The van der Waals surface area contributed by atoms with Gasteiger partial charge in [0, 0.05) is 12.0 Å². The molecule has 0 unspecified atom stereocenters. The molecule has 2 aliphatic heterocycles. The Bertz CT molecular complexity index is 374. The molecule has 5 heteroatoms. The van der Waals surface area contributed by atoms with Crippen molar-refractivity contribution in [1.29, 1.82) is 0 Å². The molecule has 0 aliphatic carbocycles. The smallest absolute Gasteiger partial charge is 0.133 e. The van der Waals surface area contributed by atoms with Gasteiger partial charge in [0.2, 0.25) is 0 Å². The molecule has 0 bridgehead atoms. The summed E-state index contributed by atoms with van der Waals surface area (Å²) < 4.78 is 0. The van der Waals surface area contributed by atoms with Crippen molar-refractivity contribution in [1.82, 2.24) is 25.4 Å². The molecule has 2 aliphatic rings. The largest absolute Gasteiger partial charge is 0.329 e. The van der Waals surface area contributed by atoms with Crippen LogP contribution in [-0.2, 0) is 0 Å². The average Bonchev–Trinajstić information content (AvgIpc) is 2.87. The van der Waals surface area contributed by atoms with Gasteiger partial charge in [0.1, 0.15) is 11.6 Å². The molecule has 1 aromatic heterocycles. The Morgan fingerprint density at radius 3 is 2.39 bits per heavy atom. The number of hydrogen-bond donors (Lipinski definition) is 2. The van der Waals surface area contributed by atoms with Crippen LogP contribution in [-0.4, -0.2) is 52.3 Å². The minimum Gasteiger partial charge on any atom is -0.329 e. The zero-order chi connectivity index (χ0) is 12.4. The molecular formula is C13H23N5. The molecule has 100 valence electrons. The van der Waals surface area contributed by atoms with Gasteiger partial charge < -0.3 is 15.2 Å². The first-order valence-corrected chi connectivity index (χ1v) is 7.17. The molecule has 0 spiro atoms. The zero-order valence-electron chi connectivity index (χ0n) is 11.2. The highest BCUT2D eigenvalue weighted by Gasteiger charge is 2.27. The molecule has 0 saturated carbocycles. The molecule has 0 atom stereocenters. The minimum atomic E-state index is 0.587. The van der Waals surface area contributed by atoms with Crippen LogP contribution in [0, 0.1) is 6.92 Å². The zero-order valence-corrected chi connectivity index (χ0v) is 11.2. The van der Waals surface area contributed by atoms with E-state index < -0.39 is 0 Å². The van der Waals surface area contributed by atoms with Gasteiger partial charge in [-0.15, -0.1) is 10.2 Å². The summed E-state index contributed by atoms with van der Waals surface area (Å²) in [6.45, 7) is 6.78. The number of aryl methyl sites for hydroxylation is 1. The predicted octanol–water partition coefficient (Wildman–Crippen LogP) is 1.04. The fraction of sp³-hybridized carbons (Fsp3) is 0.846. The summed E-state index contributed by atoms with van der Waals surface area (Å²) in [4.78, 5) is 5.97. The Labute approximate surface area is 108 Å². The fourth-order valence-electron chi connectivity index (χ4n) is 3.26. The summed E-state index contributed by atoms with van der Waals surface area (Å²) >= 11 is 0. The lowest BCUT2D eigenvalue weighted by molar-refractivity contribution is 0.125. The third-order valence-electron chi connectivity index (χ3n) is 4.36. The summed E-state index contributed by atoms with van der Waals surface area (Å²) in [5.74, 6) is 2.62. The second-order valence-electron chi connectivity index (χ2n) is 5.59. The van der Waals surface area contributed by atoms with E-state index in [1.165, 1.54) is 51.9 Å². The molecule has 5 nitrogen and oxygen atoms in total. The predicted molar refractivity (Wildman–Crippen MR) is 70.6 cm³/mol. The molecule has 2 fully saturated rings. The van der Waals surface area contributed by atoms with Crippen molar-refractivity contribution in [2.45, 2.75) is 44.6 Å². The number of aromatic nitrogens is 3. The topological polar surface area (TPSA) is 56.8 Å². The van der Waals surface area contributed by atoms with E-state index in [9.17, 15) is 0 Å². The molecule has 18 heavy (non-hydrogen) atoms. The Balaban J connectivity index is 1.54. The van der Waals surface area contributed by atoms with Crippen LogP contribution in [0.1, 0.15) is 43.3 Å². The summed E-state index contributed by atoms with van der Waals surface area (Å²) in [7, 11) is 0. The van der Waals surface area contributed by atoms with Crippen LogP contribution in [0.15, 0.2) is 0 Å². The standard InChI is InChI=1S/C13H23N5/c1-10-15-13(17-16-10)11-4-8-18(9-5-11)12-2-6-14-7-3-12/h11-12,14H,2-9H2,1H3,(H,15,16,17). The first kappa shape index (κ1) is 12.1. The van der Waals surface area contributed by atoms with E-state index in [1.807, 2.05) is 6.92 Å². The lowest BCUT2D eigenvalue weighted by Crippen LogP contribution is -2.46. The van der Waals surface area contributed by atoms with Crippen LogP contribution in [0.3, 0.4) is 0 Å². The molecule has 1 aromatic rings. The van der Waals surface area contributed by atoms with Crippen molar-refractivity contribution in [3.05, 3.63) is 11.6 Å². The fourth-order valence-corrected chi connectivity index (χ4v) is 3.26. The Kier molecular flexibility index (Phi) is 3.61. The van der Waals surface area contributed by atoms with E-state index >= 15 is 0 Å².